The molecule has 0 aromatic carbocycles. The molecule has 5 heteroatoms. The molecule has 108 valence electrons. The highest BCUT2D eigenvalue weighted by molar-refractivity contribution is 4.99. The third kappa shape index (κ3) is 3.78. The van der Waals surface area contributed by atoms with E-state index in [1.165, 1.54) is 5.69 Å². The first-order chi connectivity index (χ1) is 9.04. The molecular formula is C14H25N3O2. The Bertz CT molecular complexity index is 403. The molecule has 0 saturated carbocycles. The van der Waals surface area contributed by atoms with Gasteiger partial charge in [-0.1, -0.05) is 6.92 Å². The molecule has 5 nitrogen and oxygen atoms in total. The fourth-order valence-electron chi connectivity index (χ4n) is 2.78. The zero-order valence-electron chi connectivity index (χ0n) is 12.2. The lowest BCUT2D eigenvalue weighted by Gasteiger charge is -2.42. The molecule has 0 radical (unpaired) electrons. The standard InChI is InChI=1S/C14H25N3O2/c1-4-5-17-11-15-6-12(17)7-16-8-13(9-18)19-14(2,3)10-16/h6,11,13,18H,4-5,7-10H2,1-3H3. The Morgan fingerprint density at radius 2 is 2.32 bits per heavy atom. The van der Waals surface area contributed by atoms with Gasteiger partial charge in [-0.15, -0.1) is 0 Å². The van der Waals surface area contributed by atoms with Crippen LogP contribution in [0.5, 0.6) is 0 Å². The van der Waals surface area contributed by atoms with Crippen molar-refractivity contribution < 1.29 is 9.84 Å². The smallest absolute Gasteiger partial charge is 0.0948 e. The maximum absolute atomic E-state index is 9.34. The molecule has 0 spiro atoms. The zero-order chi connectivity index (χ0) is 13.9. The van der Waals surface area contributed by atoms with Crippen LogP contribution < -0.4 is 0 Å². The molecule has 1 atom stereocenters. The number of aryl methyl sites for hydroxylation is 1. The monoisotopic (exact) mass is 267 g/mol. The fourth-order valence-corrected chi connectivity index (χ4v) is 2.78. The third-order valence-electron chi connectivity index (χ3n) is 3.40. The van der Waals surface area contributed by atoms with Crippen molar-refractivity contribution in [2.24, 2.45) is 0 Å². The first-order valence-electron chi connectivity index (χ1n) is 7.04. The molecule has 1 unspecified atom stereocenters. The van der Waals surface area contributed by atoms with E-state index in [0.717, 1.165) is 32.6 Å². The van der Waals surface area contributed by atoms with E-state index in [2.05, 4.69) is 35.2 Å². The highest BCUT2D eigenvalue weighted by Crippen LogP contribution is 2.22. The van der Waals surface area contributed by atoms with Crippen LogP contribution in [0, 0.1) is 0 Å². The summed E-state index contributed by atoms with van der Waals surface area (Å²) in [5, 5.41) is 9.34. The predicted octanol–water partition coefficient (Wildman–Crippen LogP) is 1.26. The SMILES string of the molecule is CCCn1cncc1CN1CC(CO)OC(C)(C)C1. The van der Waals surface area contributed by atoms with Crippen LogP contribution in [0.3, 0.4) is 0 Å². The van der Waals surface area contributed by atoms with Crippen LogP contribution in [0.25, 0.3) is 0 Å². The average molecular weight is 267 g/mol. The van der Waals surface area contributed by atoms with Gasteiger partial charge in [0.15, 0.2) is 0 Å². The zero-order valence-corrected chi connectivity index (χ0v) is 12.2. The number of imidazole rings is 1. The molecule has 0 amide bonds. The Labute approximate surface area is 115 Å². The summed E-state index contributed by atoms with van der Waals surface area (Å²) >= 11 is 0. The number of rotatable bonds is 5. The second-order valence-corrected chi connectivity index (χ2v) is 5.93. The van der Waals surface area contributed by atoms with E-state index in [-0.39, 0.29) is 18.3 Å². The van der Waals surface area contributed by atoms with Crippen LogP contribution in [-0.2, 0) is 17.8 Å². The van der Waals surface area contributed by atoms with Crippen LogP contribution in [0.4, 0.5) is 0 Å². The molecule has 0 aliphatic carbocycles. The van der Waals surface area contributed by atoms with Gasteiger partial charge in [0.1, 0.15) is 0 Å². The molecule has 1 N–H and O–H groups in total. The topological polar surface area (TPSA) is 50.5 Å². The number of aliphatic hydroxyl groups is 1. The molecule has 1 aromatic rings. The highest BCUT2D eigenvalue weighted by atomic mass is 16.5. The van der Waals surface area contributed by atoms with Crippen LogP contribution >= 0.6 is 0 Å². The second kappa shape index (κ2) is 6.03. The van der Waals surface area contributed by atoms with E-state index in [1.807, 2.05) is 12.5 Å². The van der Waals surface area contributed by atoms with Gasteiger partial charge in [-0.25, -0.2) is 4.98 Å². The molecule has 1 saturated heterocycles. The van der Waals surface area contributed by atoms with Gasteiger partial charge in [0.05, 0.1) is 30.3 Å². The molecular weight excluding hydrogens is 242 g/mol. The number of aromatic nitrogens is 2. The Hall–Kier alpha value is -0.910. The van der Waals surface area contributed by atoms with Crippen LogP contribution in [-0.4, -0.2) is 51.0 Å². The van der Waals surface area contributed by atoms with Gasteiger partial charge in [-0.3, -0.25) is 4.90 Å². The number of morpholine rings is 1. The lowest BCUT2D eigenvalue weighted by Crippen LogP contribution is -2.53. The van der Waals surface area contributed by atoms with Crippen LogP contribution in [0.15, 0.2) is 12.5 Å². The van der Waals surface area contributed by atoms with E-state index in [1.54, 1.807) is 0 Å². The maximum atomic E-state index is 9.34. The van der Waals surface area contributed by atoms with Crippen LogP contribution in [0.2, 0.25) is 0 Å². The minimum atomic E-state index is -0.207. The summed E-state index contributed by atoms with van der Waals surface area (Å²) in [5.74, 6) is 0. The average Bonchev–Trinajstić information content (AvgIpc) is 2.75. The van der Waals surface area contributed by atoms with Crippen LogP contribution in [0.1, 0.15) is 32.9 Å². The number of aliphatic hydroxyl groups excluding tert-OH is 1. The third-order valence-corrected chi connectivity index (χ3v) is 3.40. The van der Waals surface area contributed by atoms with Gasteiger partial charge in [-0.2, -0.15) is 0 Å². The van der Waals surface area contributed by atoms with Crippen molar-refractivity contribution in [2.75, 3.05) is 19.7 Å². The molecule has 1 aromatic heterocycles. The molecule has 1 aliphatic rings. The fraction of sp³-hybridized carbons (Fsp3) is 0.786. The molecule has 1 fully saturated rings. The maximum Gasteiger partial charge on any atom is 0.0948 e. The lowest BCUT2D eigenvalue weighted by molar-refractivity contribution is -0.151. The van der Waals surface area contributed by atoms with Crippen molar-refractivity contribution in [1.29, 1.82) is 0 Å². The minimum Gasteiger partial charge on any atom is -0.394 e. The predicted molar refractivity (Wildman–Crippen MR) is 73.8 cm³/mol. The van der Waals surface area contributed by atoms with Gasteiger partial charge < -0.3 is 14.4 Å². The van der Waals surface area contributed by atoms with Gasteiger partial charge in [0.25, 0.3) is 0 Å². The Morgan fingerprint density at radius 3 is 3.00 bits per heavy atom. The first kappa shape index (κ1) is 14.5. The summed E-state index contributed by atoms with van der Waals surface area (Å²) in [4.78, 5) is 6.58. The van der Waals surface area contributed by atoms with Crippen molar-refractivity contribution in [3.8, 4) is 0 Å². The quantitative estimate of drug-likeness (QED) is 0.873. The van der Waals surface area contributed by atoms with Gasteiger partial charge in [-0.05, 0) is 20.3 Å². The lowest BCUT2D eigenvalue weighted by atomic mass is 10.1. The Balaban J connectivity index is 2.03. The number of hydrogen-bond acceptors (Lipinski definition) is 4. The van der Waals surface area contributed by atoms with E-state index in [0.29, 0.717) is 0 Å². The summed E-state index contributed by atoms with van der Waals surface area (Å²) in [6.45, 7) is 9.92. The van der Waals surface area contributed by atoms with E-state index < -0.39 is 0 Å². The van der Waals surface area contributed by atoms with Gasteiger partial charge in [0, 0.05) is 32.4 Å². The number of ether oxygens (including phenoxy) is 1. The van der Waals surface area contributed by atoms with Gasteiger partial charge in [0.2, 0.25) is 0 Å². The number of hydrogen-bond donors (Lipinski definition) is 1. The first-order valence-corrected chi connectivity index (χ1v) is 7.04. The largest absolute Gasteiger partial charge is 0.394 e. The van der Waals surface area contributed by atoms with Crippen molar-refractivity contribution in [2.45, 2.75) is 52.0 Å². The summed E-state index contributed by atoms with van der Waals surface area (Å²) in [6, 6.07) is 0. The molecule has 2 rings (SSSR count). The molecule has 2 heterocycles. The molecule has 19 heavy (non-hydrogen) atoms. The summed E-state index contributed by atoms with van der Waals surface area (Å²) < 4.78 is 8.04. The molecule has 1 aliphatic heterocycles. The summed E-state index contributed by atoms with van der Waals surface area (Å²) in [6.07, 6.45) is 4.85. The van der Waals surface area contributed by atoms with Crippen molar-refractivity contribution in [1.82, 2.24) is 14.5 Å². The van der Waals surface area contributed by atoms with E-state index >= 15 is 0 Å². The van der Waals surface area contributed by atoms with Crippen molar-refractivity contribution in [3.05, 3.63) is 18.2 Å². The summed E-state index contributed by atoms with van der Waals surface area (Å²) in [5.41, 5.74) is 1.03. The Morgan fingerprint density at radius 1 is 1.53 bits per heavy atom. The van der Waals surface area contributed by atoms with E-state index in [4.69, 9.17) is 4.74 Å². The van der Waals surface area contributed by atoms with E-state index in [9.17, 15) is 5.11 Å². The normalized spacial score (nSPS) is 23.7. The second-order valence-electron chi connectivity index (χ2n) is 5.93. The van der Waals surface area contributed by atoms with Crippen molar-refractivity contribution in [3.63, 3.8) is 0 Å². The Kier molecular flexibility index (Phi) is 4.60. The molecule has 0 bridgehead atoms. The van der Waals surface area contributed by atoms with Crippen molar-refractivity contribution >= 4 is 0 Å². The highest BCUT2D eigenvalue weighted by Gasteiger charge is 2.33. The minimum absolute atomic E-state index is 0.0775. The van der Waals surface area contributed by atoms with Gasteiger partial charge >= 0.3 is 0 Å². The summed E-state index contributed by atoms with van der Waals surface area (Å²) in [7, 11) is 0. The number of nitrogens with zero attached hydrogens (tertiary/aromatic N) is 3.